The summed E-state index contributed by atoms with van der Waals surface area (Å²) in [7, 11) is 0. The molecule has 2 aromatic heterocycles. The van der Waals surface area contributed by atoms with Crippen molar-refractivity contribution in [2.45, 2.75) is 25.6 Å². The van der Waals surface area contributed by atoms with Crippen LogP contribution in [0.4, 0.5) is 17.6 Å². The molecule has 8 heteroatoms. The van der Waals surface area contributed by atoms with Crippen molar-refractivity contribution >= 4 is 16.9 Å². The van der Waals surface area contributed by atoms with E-state index in [1.807, 2.05) is 55.5 Å². The number of aromatic nitrogens is 2. The van der Waals surface area contributed by atoms with Gasteiger partial charge in [0.1, 0.15) is 5.82 Å². The quantitative estimate of drug-likeness (QED) is 0.231. The highest BCUT2D eigenvalue weighted by Gasteiger charge is 2.34. The van der Waals surface area contributed by atoms with E-state index in [1.54, 1.807) is 30.5 Å². The molecule has 0 fully saturated rings. The second-order valence-corrected chi connectivity index (χ2v) is 9.22. The minimum absolute atomic E-state index is 0.166. The van der Waals surface area contributed by atoms with Crippen molar-refractivity contribution < 1.29 is 22.4 Å². The van der Waals surface area contributed by atoms with Crippen LogP contribution in [0.15, 0.2) is 97.2 Å². The molecule has 39 heavy (non-hydrogen) atoms. The monoisotopic (exact) mass is 529 g/mol. The number of carbonyl (C=O) groups excluding carboxylic acids is 1. The summed E-state index contributed by atoms with van der Waals surface area (Å²) < 4.78 is 52.8. The van der Waals surface area contributed by atoms with Gasteiger partial charge in [-0.15, -0.1) is 0 Å². The van der Waals surface area contributed by atoms with Crippen LogP contribution in [-0.4, -0.2) is 15.9 Å². The number of rotatable bonds is 6. The predicted octanol–water partition coefficient (Wildman–Crippen LogP) is 7.54. The molecule has 0 bridgehead atoms. The molecule has 2 heterocycles. The van der Waals surface area contributed by atoms with Crippen LogP contribution in [0, 0.1) is 5.82 Å². The molecular formula is C31H23F4N3O. The minimum Gasteiger partial charge on any atom is -0.349 e. The molecule has 0 unspecified atom stereocenters. The third kappa shape index (κ3) is 5.95. The van der Waals surface area contributed by atoms with Gasteiger partial charge in [-0.05, 0) is 65.6 Å². The Morgan fingerprint density at radius 3 is 2.28 bits per heavy atom. The third-order valence-corrected chi connectivity index (χ3v) is 6.47. The van der Waals surface area contributed by atoms with E-state index in [0.29, 0.717) is 11.2 Å². The van der Waals surface area contributed by atoms with Gasteiger partial charge in [0, 0.05) is 17.1 Å². The van der Waals surface area contributed by atoms with Crippen molar-refractivity contribution in [2.24, 2.45) is 0 Å². The number of nitrogens with zero attached hydrogens (tertiary/aromatic N) is 2. The summed E-state index contributed by atoms with van der Waals surface area (Å²) in [6.07, 6.45) is -2.88. The highest BCUT2D eigenvalue weighted by Crippen LogP contribution is 2.34. The van der Waals surface area contributed by atoms with Crippen molar-refractivity contribution in [1.82, 2.24) is 15.3 Å². The molecule has 1 atom stereocenters. The van der Waals surface area contributed by atoms with Crippen LogP contribution in [0.25, 0.3) is 33.4 Å². The SMILES string of the molecule is C[C@H](NC(=O)Cc1ccc(-c2ccc3cccnc3n2)cc1)c1ccc(-c2ccc(F)c(C(F)(F)F)c2)cc1. The first-order valence-electron chi connectivity index (χ1n) is 12.2. The molecule has 0 saturated carbocycles. The van der Waals surface area contributed by atoms with Crippen molar-refractivity contribution in [2.75, 3.05) is 0 Å². The minimum atomic E-state index is -4.77. The number of nitrogens with one attached hydrogen (secondary N) is 1. The standard InChI is InChI=1S/C31H23F4N3O/c1-19(21-8-10-22(11-9-21)25-12-14-27(32)26(18-25)31(33,34)35)37-29(39)17-20-4-6-23(7-5-20)28-15-13-24-3-2-16-36-30(24)38-28/h2-16,18-19H,17H2,1H3,(H,37,39)/t19-/m0/s1. The highest BCUT2D eigenvalue weighted by atomic mass is 19.4. The first-order valence-corrected chi connectivity index (χ1v) is 12.2. The Labute approximate surface area is 222 Å². The van der Waals surface area contributed by atoms with Crippen LogP contribution in [-0.2, 0) is 17.4 Å². The Morgan fingerprint density at radius 1 is 0.872 bits per heavy atom. The first-order chi connectivity index (χ1) is 18.7. The zero-order valence-corrected chi connectivity index (χ0v) is 20.8. The first kappa shape index (κ1) is 26.0. The molecular weight excluding hydrogens is 506 g/mol. The number of alkyl halides is 3. The molecule has 1 amide bonds. The van der Waals surface area contributed by atoms with E-state index >= 15 is 0 Å². The number of hydrogen-bond acceptors (Lipinski definition) is 3. The lowest BCUT2D eigenvalue weighted by Gasteiger charge is -2.16. The summed E-state index contributed by atoms with van der Waals surface area (Å²) in [6.45, 7) is 1.83. The van der Waals surface area contributed by atoms with Gasteiger partial charge in [0.2, 0.25) is 5.91 Å². The molecule has 0 radical (unpaired) electrons. The van der Waals surface area contributed by atoms with Gasteiger partial charge in [-0.25, -0.2) is 14.4 Å². The van der Waals surface area contributed by atoms with Crippen molar-refractivity contribution in [3.05, 3.63) is 120 Å². The van der Waals surface area contributed by atoms with Crippen LogP contribution < -0.4 is 5.32 Å². The molecule has 4 nitrogen and oxygen atoms in total. The Morgan fingerprint density at radius 2 is 1.56 bits per heavy atom. The van der Waals surface area contributed by atoms with E-state index in [2.05, 4.69) is 15.3 Å². The van der Waals surface area contributed by atoms with Gasteiger partial charge in [0.05, 0.1) is 23.7 Å². The van der Waals surface area contributed by atoms with E-state index in [4.69, 9.17) is 0 Å². The van der Waals surface area contributed by atoms with Crippen LogP contribution >= 0.6 is 0 Å². The highest BCUT2D eigenvalue weighted by molar-refractivity contribution is 5.80. The molecule has 0 aliphatic carbocycles. The zero-order chi connectivity index (χ0) is 27.6. The number of fused-ring (bicyclic) bond motifs is 1. The smallest absolute Gasteiger partial charge is 0.349 e. The van der Waals surface area contributed by atoms with Gasteiger partial charge in [-0.2, -0.15) is 13.2 Å². The molecule has 196 valence electrons. The lowest BCUT2D eigenvalue weighted by atomic mass is 9.99. The van der Waals surface area contributed by atoms with Crippen molar-refractivity contribution in [1.29, 1.82) is 0 Å². The molecule has 0 aliphatic rings. The lowest BCUT2D eigenvalue weighted by Crippen LogP contribution is -2.28. The maximum atomic E-state index is 13.6. The average Bonchev–Trinajstić information content (AvgIpc) is 2.93. The van der Waals surface area contributed by atoms with Gasteiger partial charge >= 0.3 is 6.18 Å². The summed E-state index contributed by atoms with van der Waals surface area (Å²) in [4.78, 5) is 21.6. The van der Waals surface area contributed by atoms with Gasteiger partial charge in [-0.1, -0.05) is 54.6 Å². The number of halogens is 4. The third-order valence-electron chi connectivity index (χ3n) is 6.47. The number of benzene rings is 3. The zero-order valence-electron chi connectivity index (χ0n) is 20.8. The van der Waals surface area contributed by atoms with E-state index in [9.17, 15) is 22.4 Å². The van der Waals surface area contributed by atoms with Crippen LogP contribution in [0.3, 0.4) is 0 Å². The molecule has 3 aromatic carbocycles. The molecule has 5 rings (SSSR count). The second kappa shape index (κ2) is 10.6. The largest absolute Gasteiger partial charge is 0.419 e. The van der Waals surface area contributed by atoms with Crippen LogP contribution in [0.5, 0.6) is 0 Å². The summed E-state index contributed by atoms with van der Waals surface area (Å²) >= 11 is 0. The predicted molar refractivity (Wildman–Crippen MR) is 142 cm³/mol. The van der Waals surface area contributed by atoms with E-state index in [0.717, 1.165) is 39.9 Å². The van der Waals surface area contributed by atoms with Crippen molar-refractivity contribution in [3.8, 4) is 22.4 Å². The summed E-state index contributed by atoms with van der Waals surface area (Å²) in [5, 5.41) is 3.91. The van der Waals surface area contributed by atoms with E-state index < -0.39 is 17.6 Å². The fourth-order valence-electron chi connectivity index (χ4n) is 4.35. The maximum Gasteiger partial charge on any atom is 0.419 e. The number of pyridine rings is 2. The maximum absolute atomic E-state index is 13.6. The topological polar surface area (TPSA) is 54.9 Å². The van der Waals surface area contributed by atoms with E-state index in [1.165, 1.54) is 6.07 Å². The molecule has 0 aliphatic heterocycles. The number of hydrogen-bond donors (Lipinski definition) is 1. The van der Waals surface area contributed by atoms with Gasteiger partial charge in [-0.3, -0.25) is 4.79 Å². The number of carbonyl (C=O) groups is 1. The Kier molecular flexibility index (Phi) is 7.11. The molecule has 0 spiro atoms. The Bertz CT molecular complexity index is 1630. The lowest BCUT2D eigenvalue weighted by molar-refractivity contribution is -0.140. The van der Waals surface area contributed by atoms with Crippen LogP contribution in [0.1, 0.15) is 29.7 Å². The van der Waals surface area contributed by atoms with Gasteiger partial charge in [0.15, 0.2) is 5.65 Å². The molecule has 1 N–H and O–H groups in total. The molecule has 0 saturated heterocycles. The van der Waals surface area contributed by atoms with Gasteiger partial charge in [0.25, 0.3) is 0 Å². The summed E-state index contributed by atoms with van der Waals surface area (Å²) in [6, 6.07) is 24.7. The summed E-state index contributed by atoms with van der Waals surface area (Å²) in [5.41, 5.74) is 3.48. The Balaban J connectivity index is 1.21. The summed E-state index contributed by atoms with van der Waals surface area (Å²) in [5.74, 6) is -1.47. The van der Waals surface area contributed by atoms with Crippen molar-refractivity contribution in [3.63, 3.8) is 0 Å². The average molecular weight is 530 g/mol. The Hall–Kier alpha value is -4.59. The van der Waals surface area contributed by atoms with E-state index in [-0.39, 0.29) is 23.9 Å². The van der Waals surface area contributed by atoms with Crippen LogP contribution in [0.2, 0.25) is 0 Å². The fraction of sp³-hybridized carbons (Fsp3) is 0.129. The molecule has 5 aromatic rings. The second-order valence-electron chi connectivity index (χ2n) is 9.22. The number of amides is 1. The fourth-order valence-corrected chi connectivity index (χ4v) is 4.35. The normalized spacial score (nSPS) is 12.3. The van der Waals surface area contributed by atoms with Gasteiger partial charge < -0.3 is 5.32 Å².